The van der Waals surface area contributed by atoms with Crippen LogP contribution in [0.3, 0.4) is 0 Å². The van der Waals surface area contributed by atoms with Crippen LogP contribution in [-0.4, -0.2) is 23.4 Å². The predicted octanol–water partition coefficient (Wildman–Crippen LogP) is 4.06. The molecule has 0 radical (unpaired) electrons. The van der Waals surface area contributed by atoms with Crippen LogP contribution in [0.5, 0.6) is 11.5 Å². The summed E-state index contributed by atoms with van der Waals surface area (Å²) in [5.74, 6) is -0.0349. The molecule has 0 aliphatic rings. The first-order chi connectivity index (χ1) is 10.9. The summed E-state index contributed by atoms with van der Waals surface area (Å²) >= 11 is 12.0. The van der Waals surface area contributed by atoms with Crippen molar-refractivity contribution in [2.24, 2.45) is 5.10 Å². The summed E-state index contributed by atoms with van der Waals surface area (Å²) < 4.78 is 4.98. The number of nitro groups is 1. The fourth-order valence-corrected chi connectivity index (χ4v) is 2.11. The Morgan fingerprint density at radius 3 is 2.57 bits per heavy atom. The minimum atomic E-state index is -0.497. The van der Waals surface area contributed by atoms with E-state index in [2.05, 4.69) is 10.5 Å². The van der Waals surface area contributed by atoms with Crippen LogP contribution in [0.1, 0.15) is 5.56 Å². The number of nitro benzene ring substituents is 1. The van der Waals surface area contributed by atoms with Crippen molar-refractivity contribution in [3.8, 4) is 11.5 Å². The number of nitrogens with one attached hydrogen (secondary N) is 1. The largest absolute Gasteiger partial charge is 0.504 e. The molecule has 2 aromatic carbocycles. The van der Waals surface area contributed by atoms with Crippen LogP contribution in [0.2, 0.25) is 10.0 Å². The van der Waals surface area contributed by atoms with Crippen LogP contribution in [0.15, 0.2) is 35.4 Å². The normalized spacial score (nSPS) is 10.7. The Hall–Kier alpha value is -2.51. The third-order valence-electron chi connectivity index (χ3n) is 2.88. The molecule has 2 aromatic rings. The van der Waals surface area contributed by atoms with E-state index in [4.69, 9.17) is 27.9 Å². The van der Waals surface area contributed by atoms with Crippen LogP contribution >= 0.6 is 23.2 Å². The number of phenolic OH excluding ortho intramolecular Hbond substituents is 1. The van der Waals surface area contributed by atoms with E-state index in [1.165, 1.54) is 43.7 Å². The van der Waals surface area contributed by atoms with Gasteiger partial charge in [0.25, 0.3) is 5.69 Å². The van der Waals surface area contributed by atoms with Gasteiger partial charge in [0.1, 0.15) is 0 Å². The van der Waals surface area contributed by atoms with Crippen molar-refractivity contribution in [2.45, 2.75) is 0 Å². The second-order valence-electron chi connectivity index (χ2n) is 4.31. The molecule has 23 heavy (non-hydrogen) atoms. The van der Waals surface area contributed by atoms with E-state index in [9.17, 15) is 15.2 Å². The molecule has 2 N–H and O–H groups in total. The van der Waals surface area contributed by atoms with Gasteiger partial charge in [-0.3, -0.25) is 15.5 Å². The first-order valence-corrected chi connectivity index (χ1v) is 6.98. The summed E-state index contributed by atoms with van der Waals surface area (Å²) in [7, 11) is 1.38. The van der Waals surface area contributed by atoms with E-state index in [0.29, 0.717) is 5.69 Å². The van der Waals surface area contributed by atoms with Gasteiger partial charge < -0.3 is 9.84 Å². The molecule has 0 atom stereocenters. The highest BCUT2D eigenvalue weighted by Gasteiger charge is 2.14. The Balaban J connectivity index is 2.20. The third kappa shape index (κ3) is 3.82. The van der Waals surface area contributed by atoms with Crippen LogP contribution in [0, 0.1) is 10.1 Å². The van der Waals surface area contributed by atoms with Crippen molar-refractivity contribution in [1.29, 1.82) is 0 Å². The molecule has 0 heterocycles. The number of hydrogen-bond acceptors (Lipinski definition) is 6. The van der Waals surface area contributed by atoms with Gasteiger partial charge in [-0.2, -0.15) is 5.10 Å². The zero-order chi connectivity index (χ0) is 17.0. The van der Waals surface area contributed by atoms with Crippen molar-refractivity contribution in [3.05, 3.63) is 56.1 Å². The molecule has 9 heteroatoms. The maximum atomic E-state index is 10.6. The number of ether oxygens (including phenoxy) is 1. The van der Waals surface area contributed by atoms with Crippen molar-refractivity contribution in [1.82, 2.24) is 0 Å². The standard InChI is InChI=1S/C14H11Cl2N3O4/c1-23-12-6-11(15)13(16)10(14(12)20)7-17-18-8-2-4-9(5-3-8)19(21)22/h2-7,18,20H,1H3. The second kappa shape index (κ2) is 7.17. The molecule has 120 valence electrons. The molecule has 0 fully saturated rings. The lowest BCUT2D eigenvalue weighted by Crippen LogP contribution is -1.95. The molecular formula is C14H11Cl2N3O4. The number of nitrogens with zero attached hydrogens (tertiary/aromatic N) is 2. The molecule has 0 amide bonds. The number of methoxy groups -OCH3 is 1. The Morgan fingerprint density at radius 2 is 2.00 bits per heavy atom. The second-order valence-corrected chi connectivity index (χ2v) is 5.10. The van der Waals surface area contributed by atoms with Crippen LogP contribution < -0.4 is 10.2 Å². The van der Waals surface area contributed by atoms with Gasteiger partial charge in [0.2, 0.25) is 0 Å². The maximum Gasteiger partial charge on any atom is 0.269 e. The molecule has 0 saturated carbocycles. The van der Waals surface area contributed by atoms with E-state index >= 15 is 0 Å². The lowest BCUT2D eigenvalue weighted by Gasteiger charge is -2.09. The SMILES string of the molecule is COc1cc(Cl)c(Cl)c(C=NNc2ccc([N+](=O)[O-])cc2)c1O. The fraction of sp³-hybridized carbons (Fsp3) is 0.0714. The number of aromatic hydroxyl groups is 1. The van der Waals surface area contributed by atoms with Gasteiger partial charge in [-0.05, 0) is 12.1 Å². The van der Waals surface area contributed by atoms with E-state index in [-0.39, 0.29) is 32.8 Å². The van der Waals surface area contributed by atoms with Gasteiger partial charge >= 0.3 is 0 Å². The number of hydrogen-bond donors (Lipinski definition) is 2. The molecule has 0 unspecified atom stereocenters. The summed E-state index contributed by atoms with van der Waals surface area (Å²) in [5.41, 5.74) is 3.35. The average molecular weight is 356 g/mol. The van der Waals surface area contributed by atoms with E-state index < -0.39 is 4.92 Å². The number of hydrazone groups is 1. The Morgan fingerprint density at radius 1 is 1.35 bits per heavy atom. The number of rotatable bonds is 5. The molecular weight excluding hydrogens is 345 g/mol. The number of halogens is 2. The Kier molecular flexibility index (Phi) is 5.25. The molecule has 0 bridgehead atoms. The summed E-state index contributed by atoms with van der Waals surface area (Å²) in [4.78, 5) is 10.1. The lowest BCUT2D eigenvalue weighted by atomic mass is 10.2. The van der Waals surface area contributed by atoms with Gasteiger partial charge in [0.05, 0.1) is 39.5 Å². The van der Waals surface area contributed by atoms with Gasteiger partial charge in [-0.1, -0.05) is 23.2 Å². The molecule has 0 aliphatic heterocycles. The predicted molar refractivity (Wildman–Crippen MR) is 89.0 cm³/mol. The van der Waals surface area contributed by atoms with Crippen molar-refractivity contribution in [3.63, 3.8) is 0 Å². The lowest BCUT2D eigenvalue weighted by molar-refractivity contribution is -0.384. The van der Waals surface area contributed by atoms with Crippen molar-refractivity contribution in [2.75, 3.05) is 12.5 Å². The highest BCUT2D eigenvalue weighted by molar-refractivity contribution is 6.43. The van der Waals surface area contributed by atoms with Gasteiger partial charge in [-0.15, -0.1) is 0 Å². The highest BCUT2D eigenvalue weighted by atomic mass is 35.5. The van der Waals surface area contributed by atoms with Crippen LogP contribution in [0.25, 0.3) is 0 Å². The summed E-state index contributed by atoms with van der Waals surface area (Å²) in [6, 6.07) is 7.06. The van der Waals surface area contributed by atoms with Crippen molar-refractivity contribution < 1.29 is 14.8 Å². The van der Waals surface area contributed by atoms with Crippen LogP contribution in [0.4, 0.5) is 11.4 Å². The Labute approximate surface area is 141 Å². The monoisotopic (exact) mass is 355 g/mol. The zero-order valence-electron chi connectivity index (χ0n) is 11.8. The first kappa shape index (κ1) is 16.9. The van der Waals surface area contributed by atoms with Crippen molar-refractivity contribution >= 4 is 40.8 Å². The number of non-ortho nitro benzene ring substituents is 1. The molecule has 0 aliphatic carbocycles. The summed E-state index contributed by atoms with van der Waals surface area (Å²) in [6.07, 6.45) is 1.27. The van der Waals surface area contributed by atoms with Gasteiger partial charge in [0.15, 0.2) is 11.5 Å². The quantitative estimate of drug-likeness (QED) is 0.478. The molecule has 2 rings (SSSR count). The van der Waals surface area contributed by atoms with E-state index in [1.807, 2.05) is 0 Å². The average Bonchev–Trinajstić information content (AvgIpc) is 2.54. The maximum absolute atomic E-state index is 10.6. The minimum Gasteiger partial charge on any atom is -0.504 e. The topological polar surface area (TPSA) is 97.0 Å². The molecule has 7 nitrogen and oxygen atoms in total. The minimum absolute atomic E-state index is 0.0280. The highest BCUT2D eigenvalue weighted by Crippen LogP contribution is 2.39. The fourth-order valence-electron chi connectivity index (χ4n) is 1.71. The number of benzene rings is 2. The van der Waals surface area contributed by atoms with Crippen LogP contribution in [-0.2, 0) is 0 Å². The number of anilines is 1. The van der Waals surface area contributed by atoms with E-state index in [1.54, 1.807) is 0 Å². The smallest absolute Gasteiger partial charge is 0.269 e. The summed E-state index contributed by atoms with van der Waals surface area (Å²) in [6.45, 7) is 0. The first-order valence-electron chi connectivity index (χ1n) is 6.22. The molecule has 0 spiro atoms. The van der Waals surface area contributed by atoms with E-state index in [0.717, 1.165) is 0 Å². The molecule has 0 saturated heterocycles. The third-order valence-corrected chi connectivity index (χ3v) is 3.68. The summed E-state index contributed by atoms with van der Waals surface area (Å²) in [5, 5.41) is 24.8. The Bertz CT molecular complexity index is 764. The van der Waals surface area contributed by atoms with Gasteiger partial charge in [-0.25, -0.2) is 0 Å². The number of phenols is 1. The molecule has 0 aromatic heterocycles. The van der Waals surface area contributed by atoms with Gasteiger partial charge in [0, 0.05) is 18.2 Å². The zero-order valence-corrected chi connectivity index (χ0v) is 13.3.